The summed E-state index contributed by atoms with van der Waals surface area (Å²) in [4.78, 5) is 0. The predicted molar refractivity (Wildman–Crippen MR) is 108 cm³/mol. The van der Waals surface area contributed by atoms with Gasteiger partial charge >= 0.3 is 0 Å². The van der Waals surface area contributed by atoms with Gasteiger partial charge in [0, 0.05) is 0 Å². The van der Waals surface area contributed by atoms with Gasteiger partial charge in [-0.2, -0.15) is 0 Å². The summed E-state index contributed by atoms with van der Waals surface area (Å²) in [6, 6.07) is 12.1. The Morgan fingerprint density at radius 2 is 1.15 bits per heavy atom. The van der Waals surface area contributed by atoms with E-state index in [0.29, 0.717) is 0 Å². The van der Waals surface area contributed by atoms with Gasteiger partial charge in [-0.05, 0) is 70.5 Å². The van der Waals surface area contributed by atoms with Crippen molar-refractivity contribution in [3.8, 4) is 11.5 Å². The zero-order valence-electron chi connectivity index (χ0n) is 14.8. The molecular formula is C22H20Cl2O2. The van der Waals surface area contributed by atoms with Gasteiger partial charge in [0.25, 0.3) is 0 Å². The molecule has 134 valence electrons. The van der Waals surface area contributed by atoms with Crippen LogP contribution in [0.4, 0.5) is 0 Å². The molecule has 2 nitrogen and oxygen atoms in total. The van der Waals surface area contributed by atoms with Crippen molar-refractivity contribution >= 4 is 35.4 Å². The van der Waals surface area contributed by atoms with E-state index in [1.165, 1.54) is 11.1 Å². The third-order valence-corrected chi connectivity index (χ3v) is 6.20. The summed E-state index contributed by atoms with van der Waals surface area (Å²) in [5.74, 6) is 1.71. The molecule has 0 spiro atoms. The van der Waals surface area contributed by atoms with Gasteiger partial charge < -0.3 is 9.47 Å². The maximum Gasteiger partial charge on any atom is 0.119 e. The highest BCUT2D eigenvalue weighted by Crippen LogP contribution is 2.46. The number of allylic oxidation sites excluding steroid dienone is 2. The molecule has 4 heteroatoms. The van der Waals surface area contributed by atoms with Gasteiger partial charge in [-0.1, -0.05) is 24.3 Å². The van der Waals surface area contributed by atoms with Crippen molar-refractivity contribution in [3.05, 3.63) is 69.8 Å². The van der Waals surface area contributed by atoms with E-state index in [2.05, 4.69) is 24.3 Å². The highest BCUT2D eigenvalue weighted by atomic mass is 35.5. The summed E-state index contributed by atoms with van der Waals surface area (Å²) in [6.07, 6.45) is 6.16. The van der Waals surface area contributed by atoms with Crippen LogP contribution in [0, 0.1) is 0 Å². The Hall–Kier alpha value is -1.90. The minimum absolute atomic E-state index is 0.0749. The first-order valence-corrected chi connectivity index (χ1v) is 9.53. The topological polar surface area (TPSA) is 18.5 Å². The fourth-order valence-electron chi connectivity index (χ4n) is 3.70. The molecule has 0 amide bonds. The van der Waals surface area contributed by atoms with Crippen LogP contribution < -0.4 is 9.47 Å². The molecule has 26 heavy (non-hydrogen) atoms. The molecule has 0 fully saturated rings. The lowest BCUT2D eigenvalue weighted by atomic mass is 10.0. The first kappa shape index (κ1) is 17.5. The van der Waals surface area contributed by atoms with Crippen molar-refractivity contribution in [2.24, 2.45) is 0 Å². The predicted octanol–water partition coefficient (Wildman–Crippen LogP) is 6.54. The molecule has 0 heterocycles. The molecule has 0 saturated carbocycles. The average Bonchev–Trinajstić information content (AvgIpc) is 3.16. The van der Waals surface area contributed by atoms with Crippen LogP contribution in [-0.4, -0.2) is 14.2 Å². The van der Waals surface area contributed by atoms with Crippen LogP contribution >= 0.6 is 23.2 Å². The van der Waals surface area contributed by atoms with E-state index in [9.17, 15) is 0 Å². The lowest BCUT2D eigenvalue weighted by molar-refractivity contribution is 0.414. The monoisotopic (exact) mass is 386 g/mol. The molecule has 2 aromatic rings. The molecule has 0 aromatic heterocycles. The fraction of sp³-hybridized carbons (Fsp3) is 0.273. The van der Waals surface area contributed by atoms with Crippen molar-refractivity contribution < 1.29 is 9.47 Å². The zero-order valence-corrected chi connectivity index (χ0v) is 16.3. The quantitative estimate of drug-likeness (QED) is 0.543. The van der Waals surface area contributed by atoms with Gasteiger partial charge in [0.15, 0.2) is 0 Å². The SMILES string of the molecule is COc1ccc2c(c1)C=C(CCC1=Cc3cc(OC)ccc3C1Cl)C2Cl. The number of alkyl halides is 2. The Bertz CT molecular complexity index is 839. The Balaban J connectivity index is 1.50. The van der Waals surface area contributed by atoms with E-state index in [1.54, 1.807) is 14.2 Å². The van der Waals surface area contributed by atoms with Crippen LogP contribution in [0.15, 0.2) is 47.5 Å². The molecule has 2 atom stereocenters. The maximum atomic E-state index is 6.68. The lowest BCUT2D eigenvalue weighted by Gasteiger charge is -2.12. The van der Waals surface area contributed by atoms with Crippen molar-refractivity contribution in [2.75, 3.05) is 14.2 Å². The molecule has 2 aliphatic carbocycles. The van der Waals surface area contributed by atoms with E-state index in [1.807, 2.05) is 24.3 Å². The first-order chi connectivity index (χ1) is 12.6. The number of fused-ring (bicyclic) bond motifs is 2. The van der Waals surface area contributed by atoms with E-state index in [-0.39, 0.29) is 10.8 Å². The number of ether oxygens (including phenoxy) is 2. The van der Waals surface area contributed by atoms with Gasteiger partial charge in [0.1, 0.15) is 11.5 Å². The van der Waals surface area contributed by atoms with Crippen LogP contribution in [-0.2, 0) is 0 Å². The lowest BCUT2D eigenvalue weighted by Crippen LogP contribution is -1.95. The average molecular weight is 387 g/mol. The molecular weight excluding hydrogens is 367 g/mol. The number of methoxy groups -OCH3 is 2. The van der Waals surface area contributed by atoms with E-state index >= 15 is 0 Å². The third-order valence-electron chi connectivity index (χ3n) is 5.17. The molecule has 0 saturated heterocycles. The van der Waals surface area contributed by atoms with Gasteiger partial charge in [-0.3, -0.25) is 0 Å². The summed E-state index contributed by atoms with van der Waals surface area (Å²) >= 11 is 13.4. The van der Waals surface area contributed by atoms with Crippen molar-refractivity contribution in [1.82, 2.24) is 0 Å². The van der Waals surface area contributed by atoms with Gasteiger partial charge in [0.2, 0.25) is 0 Å². The van der Waals surface area contributed by atoms with Crippen LogP contribution in [0.25, 0.3) is 12.2 Å². The number of hydrogen-bond acceptors (Lipinski definition) is 2. The molecule has 0 radical (unpaired) electrons. The van der Waals surface area contributed by atoms with Crippen molar-refractivity contribution in [2.45, 2.75) is 23.6 Å². The summed E-state index contributed by atoms with van der Waals surface area (Å²) in [6.45, 7) is 0. The Morgan fingerprint density at radius 3 is 1.54 bits per heavy atom. The van der Waals surface area contributed by atoms with Crippen LogP contribution in [0.1, 0.15) is 45.8 Å². The molecule has 2 unspecified atom stereocenters. The summed E-state index contributed by atoms with van der Waals surface area (Å²) in [5.41, 5.74) is 7.06. The minimum Gasteiger partial charge on any atom is -0.497 e. The highest BCUT2D eigenvalue weighted by Gasteiger charge is 2.27. The summed E-state index contributed by atoms with van der Waals surface area (Å²) < 4.78 is 10.6. The second-order valence-electron chi connectivity index (χ2n) is 6.65. The van der Waals surface area contributed by atoms with E-state index < -0.39 is 0 Å². The minimum atomic E-state index is -0.0749. The highest BCUT2D eigenvalue weighted by molar-refractivity contribution is 6.24. The van der Waals surface area contributed by atoms with Crippen molar-refractivity contribution in [3.63, 3.8) is 0 Å². The molecule has 0 aliphatic heterocycles. The van der Waals surface area contributed by atoms with Crippen LogP contribution in [0.5, 0.6) is 11.5 Å². The van der Waals surface area contributed by atoms with E-state index in [0.717, 1.165) is 46.6 Å². The molecule has 4 rings (SSSR count). The standard InChI is InChI=1S/C22H20Cl2O2/c1-25-17-5-7-19-15(11-17)9-13(21(19)23)3-4-14-10-16-12-18(26-2)6-8-20(16)22(14)24/h5-12,21-22H,3-4H2,1-2H3. The molecule has 2 aromatic carbocycles. The van der Waals surface area contributed by atoms with Gasteiger partial charge in [0.05, 0.1) is 25.0 Å². The smallest absolute Gasteiger partial charge is 0.119 e. The molecule has 2 aliphatic rings. The normalized spacial score (nSPS) is 20.3. The van der Waals surface area contributed by atoms with Gasteiger partial charge in [-0.25, -0.2) is 0 Å². The zero-order chi connectivity index (χ0) is 18.3. The Kier molecular flexibility index (Phi) is 4.73. The third kappa shape index (κ3) is 3.02. The largest absolute Gasteiger partial charge is 0.497 e. The molecule has 0 N–H and O–H groups in total. The number of rotatable bonds is 5. The fourth-order valence-corrected chi connectivity index (χ4v) is 4.44. The summed E-state index contributed by atoms with van der Waals surface area (Å²) in [5, 5.41) is -0.150. The first-order valence-electron chi connectivity index (χ1n) is 8.65. The number of benzene rings is 2. The second-order valence-corrected chi connectivity index (χ2v) is 7.53. The maximum absolute atomic E-state index is 6.68. The molecule has 0 bridgehead atoms. The van der Waals surface area contributed by atoms with Gasteiger partial charge in [-0.15, -0.1) is 23.2 Å². The number of halogens is 2. The second kappa shape index (κ2) is 7.02. The summed E-state index contributed by atoms with van der Waals surface area (Å²) in [7, 11) is 3.36. The van der Waals surface area contributed by atoms with Crippen LogP contribution in [0.2, 0.25) is 0 Å². The Morgan fingerprint density at radius 1 is 0.731 bits per heavy atom. The van der Waals surface area contributed by atoms with Crippen LogP contribution in [0.3, 0.4) is 0 Å². The van der Waals surface area contributed by atoms with Crippen molar-refractivity contribution in [1.29, 1.82) is 0 Å². The number of hydrogen-bond donors (Lipinski definition) is 0. The van der Waals surface area contributed by atoms with E-state index in [4.69, 9.17) is 32.7 Å². The Labute approximate surface area is 164 Å².